The Hall–Kier alpha value is -0.280. The van der Waals surface area contributed by atoms with Gasteiger partial charge in [0.1, 0.15) is 15.9 Å². The summed E-state index contributed by atoms with van der Waals surface area (Å²) in [6, 6.07) is 4.41. The molecule has 0 aromatic heterocycles. The first-order valence-corrected chi connectivity index (χ1v) is 11.5. The van der Waals surface area contributed by atoms with E-state index in [1.54, 1.807) is 0 Å². The predicted octanol–water partition coefficient (Wildman–Crippen LogP) is -6.52. The van der Waals surface area contributed by atoms with Crippen molar-refractivity contribution in [2.75, 3.05) is 0 Å². The molecule has 0 fully saturated rings. The molecular formula is C23H14Cl2Na3O9S-. The molecule has 184 valence electrons. The van der Waals surface area contributed by atoms with Crippen molar-refractivity contribution < 1.29 is 132 Å². The number of rotatable bonds is 5. The van der Waals surface area contributed by atoms with E-state index in [9.17, 15) is 37.6 Å². The van der Waals surface area contributed by atoms with Crippen molar-refractivity contribution in [3.63, 3.8) is 0 Å². The zero-order chi connectivity index (χ0) is 25.5. The molecule has 38 heavy (non-hydrogen) atoms. The van der Waals surface area contributed by atoms with Gasteiger partial charge in [-0.1, -0.05) is 40.4 Å². The second-order valence-corrected chi connectivity index (χ2v) is 9.45. The van der Waals surface area contributed by atoms with Crippen LogP contribution in [0.4, 0.5) is 0 Å². The van der Waals surface area contributed by atoms with Gasteiger partial charge in [-0.3, -0.25) is 0 Å². The Morgan fingerprint density at radius 3 is 2.13 bits per heavy atom. The average Bonchev–Trinajstić information content (AvgIpc) is 2.73. The number of hydrogen-bond acceptors (Lipinski definition) is 9. The largest absolute Gasteiger partial charge is 1.00 e. The number of carboxylic acid groups (broad SMARTS) is 1. The predicted molar refractivity (Wildman–Crippen MR) is 122 cm³/mol. The van der Waals surface area contributed by atoms with Gasteiger partial charge in [-0.25, -0.2) is 8.42 Å². The molecule has 2 aromatic carbocycles. The van der Waals surface area contributed by atoms with Crippen LogP contribution in [0.1, 0.15) is 34.0 Å². The average molecular weight is 606 g/mol. The number of carbonyl (C=O) groups is 2. The molecule has 2 aromatic rings. The standard InChI is InChI=1S/C23H15Cl2O8S.3Na.H2O/c1-10-5-12(7-14(9-26)21(10)27)18(13-6-11(2)22(28)15(8-13)23(29)30)19-16(24)3-4-17(20(19)25)34(31,32)33;;;;/h3-8,28H,1-2H3,(H,29,30)(H,31,32,33);;;;1H2/q-1;3*+1;/p-3/b18-12+;;;;. The van der Waals surface area contributed by atoms with E-state index in [1.807, 2.05) is 0 Å². The van der Waals surface area contributed by atoms with E-state index >= 15 is 0 Å². The summed E-state index contributed by atoms with van der Waals surface area (Å²) in [5.74, 6) is -2.88. The van der Waals surface area contributed by atoms with E-state index in [4.69, 9.17) is 23.2 Å². The second kappa shape index (κ2) is 15.6. The first-order valence-electron chi connectivity index (χ1n) is 9.34. The van der Waals surface area contributed by atoms with Crippen molar-refractivity contribution in [2.45, 2.75) is 18.7 Å². The summed E-state index contributed by atoms with van der Waals surface area (Å²) in [5.41, 5.74) is -0.732. The van der Waals surface area contributed by atoms with Crippen molar-refractivity contribution >= 4 is 56.9 Å². The molecule has 0 bridgehead atoms. The maximum absolute atomic E-state index is 12.2. The third-order valence-electron chi connectivity index (χ3n) is 5.06. The van der Waals surface area contributed by atoms with E-state index in [0.29, 0.717) is 0 Å². The normalized spacial score (nSPS) is 13.9. The summed E-state index contributed by atoms with van der Waals surface area (Å²) in [6.07, 6.45) is 4.01. The molecular weight excluding hydrogens is 592 g/mol. The van der Waals surface area contributed by atoms with Crippen LogP contribution in [0.2, 0.25) is 10.0 Å². The fraction of sp³-hybridized carbons (Fsp3) is 0.0870. The second-order valence-electron chi connectivity index (χ2n) is 7.31. The van der Waals surface area contributed by atoms with Crippen molar-refractivity contribution in [1.29, 1.82) is 0 Å². The van der Waals surface area contributed by atoms with E-state index in [-0.39, 0.29) is 138 Å². The number of benzene rings is 2. The van der Waals surface area contributed by atoms with Gasteiger partial charge in [0, 0.05) is 16.1 Å². The quantitative estimate of drug-likeness (QED) is 0.150. The summed E-state index contributed by atoms with van der Waals surface area (Å²) < 4.78 is 35.3. The molecule has 0 atom stereocenters. The number of aromatic hydroxyl groups is 1. The third-order valence-corrected chi connectivity index (χ3v) is 6.76. The molecule has 0 aliphatic heterocycles. The van der Waals surface area contributed by atoms with Crippen LogP contribution < -0.4 is 93.8 Å². The van der Waals surface area contributed by atoms with E-state index in [2.05, 4.69) is 0 Å². The number of ketones is 1. The van der Waals surface area contributed by atoms with Crippen molar-refractivity contribution in [3.8, 4) is 5.75 Å². The summed E-state index contributed by atoms with van der Waals surface area (Å²) in [5, 5.41) is 21.1. The van der Waals surface area contributed by atoms with Gasteiger partial charge in [-0.15, -0.1) is 11.6 Å². The van der Waals surface area contributed by atoms with Crippen LogP contribution in [0.3, 0.4) is 0 Å². The number of carboxylic acids is 1. The van der Waals surface area contributed by atoms with E-state index < -0.39 is 43.1 Å². The molecule has 15 heteroatoms. The van der Waals surface area contributed by atoms with Gasteiger partial charge >= 0.3 is 88.7 Å². The van der Waals surface area contributed by atoms with Gasteiger partial charge in [0.2, 0.25) is 0 Å². The summed E-state index contributed by atoms with van der Waals surface area (Å²) in [4.78, 5) is 34.4. The molecule has 0 amide bonds. The Bertz CT molecular complexity index is 1500. The Morgan fingerprint density at radius 2 is 1.63 bits per heavy atom. The minimum absolute atomic E-state index is 0. The van der Waals surface area contributed by atoms with Gasteiger partial charge in [-0.2, -0.15) is 0 Å². The minimum Gasteiger partial charge on any atom is -0.870 e. The maximum atomic E-state index is 12.2. The van der Waals surface area contributed by atoms with Crippen LogP contribution in [0.15, 0.2) is 58.0 Å². The van der Waals surface area contributed by atoms with Crippen LogP contribution in [0.25, 0.3) is 5.57 Å². The number of hydrogen-bond donors (Lipinski definition) is 1. The fourth-order valence-electron chi connectivity index (χ4n) is 3.48. The smallest absolute Gasteiger partial charge is 0.870 e. The summed E-state index contributed by atoms with van der Waals surface area (Å²) in [6.45, 7) is 2.82. The first-order chi connectivity index (χ1) is 15.8. The minimum atomic E-state index is -5.05. The zero-order valence-electron chi connectivity index (χ0n) is 20.9. The van der Waals surface area contributed by atoms with Gasteiger partial charge in [0.05, 0.1) is 28.0 Å². The SMILES string of the molecule is CC1=C/C(=C(/c2cc(C)c(O)c(C(=O)[O-])c2)c2c(Cl)ccc(S(=O)(=O)[O-])c2Cl)C=C([C-]=O)C1=O.[Na+].[Na+].[Na+].[OH-]. The third kappa shape index (κ3) is 8.14. The summed E-state index contributed by atoms with van der Waals surface area (Å²) >= 11 is 12.7. The van der Waals surface area contributed by atoms with Crippen molar-refractivity contribution in [2.24, 2.45) is 0 Å². The van der Waals surface area contributed by atoms with Crippen LogP contribution in [0.5, 0.6) is 5.75 Å². The van der Waals surface area contributed by atoms with Crippen LogP contribution in [0, 0.1) is 6.92 Å². The number of halogens is 2. The molecule has 0 saturated carbocycles. The molecule has 2 N–H and O–H groups in total. The van der Waals surface area contributed by atoms with Gasteiger partial charge in [0.25, 0.3) is 0 Å². The first kappa shape index (κ1) is 39.9. The number of aryl methyl sites for hydroxylation is 1. The topological polar surface area (TPSA) is 182 Å². The number of allylic oxidation sites excluding steroid dienone is 5. The zero-order valence-corrected chi connectivity index (χ0v) is 29.2. The van der Waals surface area contributed by atoms with Crippen LogP contribution in [-0.2, 0) is 19.7 Å². The monoisotopic (exact) mass is 605 g/mol. The molecule has 1 aliphatic rings. The number of aromatic carboxylic acids is 1. The maximum Gasteiger partial charge on any atom is 1.00 e. The molecule has 0 unspecified atom stereocenters. The van der Waals surface area contributed by atoms with Crippen molar-refractivity contribution in [3.05, 3.63) is 85.4 Å². The molecule has 0 heterocycles. The number of Topliss-reactive ketones (excluding diaryl/α,β-unsaturated/α-hetero) is 1. The molecule has 3 rings (SSSR count). The van der Waals surface area contributed by atoms with E-state index in [1.165, 1.54) is 32.3 Å². The Balaban J connectivity index is 0. The Morgan fingerprint density at radius 1 is 1.05 bits per heavy atom. The molecule has 1 aliphatic carbocycles. The van der Waals surface area contributed by atoms with Gasteiger partial charge in [0.15, 0.2) is 0 Å². The molecule has 9 nitrogen and oxygen atoms in total. The Labute approximate surface area is 294 Å². The van der Waals surface area contributed by atoms with Gasteiger partial charge in [-0.05, 0) is 54.8 Å². The Kier molecular flexibility index (Phi) is 16.4. The van der Waals surface area contributed by atoms with E-state index in [0.717, 1.165) is 24.3 Å². The van der Waals surface area contributed by atoms with Gasteiger partial charge < -0.3 is 34.6 Å². The van der Waals surface area contributed by atoms with Crippen LogP contribution >= 0.6 is 23.2 Å². The molecule has 0 saturated heterocycles. The van der Waals surface area contributed by atoms with Crippen LogP contribution in [-0.4, -0.2) is 41.6 Å². The molecule has 0 radical (unpaired) electrons. The molecule has 0 spiro atoms. The number of phenols is 1. The fourth-order valence-corrected chi connectivity index (χ4v) is 4.88. The summed E-state index contributed by atoms with van der Waals surface area (Å²) in [7, 11) is -5.05. The number of carbonyl (C=O) groups excluding carboxylic acids is 3. The van der Waals surface area contributed by atoms with Crippen molar-refractivity contribution in [1.82, 2.24) is 0 Å².